The summed E-state index contributed by atoms with van der Waals surface area (Å²) < 4.78 is 0. The third-order valence-corrected chi connectivity index (χ3v) is 3.96. The van der Waals surface area contributed by atoms with Gasteiger partial charge >= 0.3 is 0 Å². The maximum Gasteiger partial charge on any atom is 0.237 e. The van der Waals surface area contributed by atoms with E-state index in [9.17, 15) is 4.79 Å². The first-order valence-corrected chi connectivity index (χ1v) is 7.57. The third-order valence-electron chi connectivity index (χ3n) is 3.96. The number of nitrogens with one attached hydrogen (secondary N) is 1. The monoisotopic (exact) mass is 291 g/mol. The van der Waals surface area contributed by atoms with Crippen LogP contribution >= 0.6 is 0 Å². The fraction of sp³-hybridized carbons (Fsp3) is 0.600. The molecule has 1 fully saturated rings. The highest BCUT2D eigenvalue weighted by atomic mass is 16.2. The van der Waals surface area contributed by atoms with Crippen LogP contribution in [0.4, 0.5) is 5.82 Å². The minimum absolute atomic E-state index is 0.0697. The van der Waals surface area contributed by atoms with Gasteiger partial charge in [-0.1, -0.05) is 6.07 Å². The van der Waals surface area contributed by atoms with E-state index in [4.69, 9.17) is 5.73 Å². The fourth-order valence-corrected chi connectivity index (χ4v) is 2.55. The molecule has 1 aromatic rings. The molecule has 0 radical (unpaired) electrons. The van der Waals surface area contributed by atoms with E-state index in [1.807, 2.05) is 32.2 Å². The van der Waals surface area contributed by atoms with Gasteiger partial charge in [0, 0.05) is 45.5 Å². The van der Waals surface area contributed by atoms with E-state index < -0.39 is 0 Å². The summed E-state index contributed by atoms with van der Waals surface area (Å²) in [5.74, 6) is 1.09. The van der Waals surface area contributed by atoms with Crippen molar-refractivity contribution < 1.29 is 4.79 Å². The molecular weight excluding hydrogens is 266 g/mol. The Bertz CT molecular complexity index is 454. The van der Waals surface area contributed by atoms with Gasteiger partial charge in [-0.25, -0.2) is 4.98 Å². The standard InChI is InChI=1S/C15H25N5O/c1-3-17-15(21)12(2)19-6-8-20(9-7-19)14-5-4-13(10-16)11-18-14/h4-5,11-12H,3,6-10,16H2,1-2H3,(H,17,21). The van der Waals surface area contributed by atoms with Crippen molar-refractivity contribution in [1.82, 2.24) is 15.2 Å². The van der Waals surface area contributed by atoms with Gasteiger partial charge in [0.25, 0.3) is 0 Å². The van der Waals surface area contributed by atoms with Gasteiger partial charge in [0.1, 0.15) is 5.82 Å². The quantitative estimate of drug-likeness (QED) is 0.810. The molecular formula is C15H25N5O. The number of hydrogen-bond donors (Lipinski definition) is 2. The predicted molar refractivity (Wildman–Crippen MR) is 84.1 cm³/mol. The number of rotatable bonds is 5. The highest BCUT2D eigenvalue weighted by molar-refractivity contribution is 5.81. The Morgan fingerprint density at radius 3 is 2.62 bits per heavy atom. The number of anilines is 1. The Labute approximate surface area is 126 Å². The van der Waals surface area contributed by atoms with E-state index in [2.05, 4.69) is 20.1 Å². The van der Waals surface area contributed by atoms with Crippen molar-refractivity contribution in [1.29, 1.82) is 0 Å². The molecule has 0 bridgehead atoms. The van der Waals surface area contributed by atoms with Gasteiger partial charge in [-0.15, -0.1) is 0 Å². The van der Waals surface area contributed by atoms with Crippen LogP contribution in [0.15, 0.2) is 18.3 Å². The number of pyridine rings is 1. The topological polar surface area (TPSA) is 74.5 Å². The molecule has 1 aliphatic rings. The highest BCUT2D eigenvalue weighted by Gasteiger charge is 2.25. The Morgan fingerprint density at radius 1 is 1.38 bits per heavy atom. The Kier molecular flexibility index (Phi) is 5.52. The number of piperazine rings is 1. The molecule has 0 aliphatic carbocycles. The van der Waals surface area contributed by atoms with E-state index in [0.29, 0.717) is 13.1 Å². The molecule has 116 valence electrons. The number of aromatic nitrogens is 1. The first-order valence-electron chi connectivity index (χ1n) is 7.57. The van der Waals surface area contributed by atoms with Gasteiger partial charge < -0.3 is 16.0 Å². The Morgan fingerprint density at radius 2 is 2.10 bits per heavy atom. The summed E-state index contributed by atoms with van der Waals surface area (Å²) in [6.07, 6.45) is 1.83. The molecule has 2 rings (SSSR count). The molecule has 21 heavy (non-hydrogen) atoms. The lowest BCUT2D eigenvalue weighted by molar-refractivity contribution is -0.125. The largest absolute Gasteiger partial charge is 0.355 e. The maximum absolute atomic E-state index is 11.9. The lowest BCUT2D eigenvalue weighted by Gasteiger charge is -2.38. The van der Waals surface area contributed by atoms with Crippen LogP contribution in [0.5, 0.6) is 0 Å². The molecule has 1 atom stereocenters. The van der Waals surface area contributed by atoms with Gasteiger partial charge in [-0.3, -0.25) is 9.69 Å². The molecule has 6 nitrogen and oxygen atoms in total. The van der Waals surface area contributed by atoms with Crippen molar-refractivity contribution >= 4 is 11.7 Å². The van der Waals surface area contributed by atoms with Gasteiger partial charge in [0.2, 0.25) is 5.91 Å². The first kappa shape index (κ1) is 15.7. The van der Waals surface area contributed by atoms with Crippen molar-refractivity contribution in [2.75, 3.05) is 37.6 Å². The van der Waals surface area contributed by atoms with E-state index in [1.54, 1.807) is 0 Å². The normalized spacial score (nSPS) is 17.6. The summed E-state index contributed by atoms with van der Waals surface area (Å²) in [7, 11) is 0. The van der Waals surface area contributed by atoms with E-state index in [1.165, 1.54) is 0 Å². The molecule has 6 heteroatoms. The highest BCUT2D eigenvalue weighted by Crippen LogP contribution is 2.15. The second-order valence-electron chi connectivity index (χ2n) is 5.32. The molecule has 1 aliphatic heterocycles. The lowest BCUT2D eigenvalue weighted by Crippen LogP contribution is -2.54. The van der Waals surface area contributed by atoms with Crippen LogP contribution in [0.3, 0.4) is 0 Å². The van der Waals surface area contributed by atoms with Crippen LogP contribution in [0.25, 0.3) is 0 Å². The Hall–Kier alpha value is -1.66. The summed E-state index contributed by atoms with van der Waals surface area (Å²) in [6, 6.07) is 3.97. The summed E-state index contributed by atoms with van der Waals surface area (Å²) in [6.45, 7) is 8.63. The number of carbonyl (C=O) groups is 1. The van der Waals surface area contributed by atoms with Crippen LogP contribution in [0.1, 0.15) is 19.4 Å². The predicted octanol–water partition coefficient (Wildman–Crippen LogP) is 0.187. The molecule has 0 saturated carbocycles. The molecule has 0 aromatic carbocycles. The van der Waals surface area contributed by atoms with E-state index in [-0.39, 0.29) is 11.9 Å². The second kappa shape index (κ2) is 7.38. The SMILES string of the molecule is CCNC(=O)C(C)N1CCN(c2ccc(CN)cn2)CC1. The number of nitrogens with two attached hydrogens (primary N) is 1. The van der Waals surface area contributed by atoms with E-state index in [0.717, 1.165) is 37.6 Å². The van der Waals surface area contributed by atoms with Crippen LogP contribution in [0, 0.1) is 0 Å². The van der Waals surface area contributed by atoms with Crippen molar-refractivity contribution in [2.24, 2.45) is 5.73 Å². The van der Waals surface area contributed by atoms with Gasteiger partial charge in [0.15, 0.2) is 0 Å². The molecule has 2 heterocycles. The minimum atomic E-state index is -0.0697. The third kappa shape index (κ3) is 3.92. The molecule has 1 aromatic heterocycles. The zero-order valence-electron chi connectivity index (χ0n) is 12.9. The fourth-order valence-electron chi connectivity index (χ4n) is 2.55. The average Bonchev–Trinajstić information content (AvgIpc) is 2.54. The molecule has 1 unspecified atom stereocenters. The number of nitrogens with zero attached hydrogens (tertiary/aromatic N) is 3. The number of likely N-dealkylation sites (N-methyl/N-ethyl adjacent to an activating group) is 1. The van der Waals surface area contributed by atoms with Crippen LogP contribution in [0.2, 0.25) is 0 Å². The zero-order chi connectivity index (χ0) is 15.2. The van der Waals surface area contributed by atoms with Crippen LogP contribution in [-0.4, -0.2) is 54.6 Å². The summed E-state index contributed by atoms with van der Waals surface area (Å²) in [5.41, 5.74) is 6.63. The molecule has 1 saturated heterocycles. The van der Waals surface area contributed by atoms with Crippen molar-refractivity contribution in [3.8, 4) is 0 Å². The van der Waals surface area contributed by atoms with Gasteiger partial charge in [-0.05, 0) is 25.5 Å². The summed E-state index contributed by atoms with van der Waals surface area (Å²) in [5, 5.41) is 2.88. The van der Waals surface area contributed by atoms with Crippen molar-refractivity contribution in [2.45, 2.75) is 26.4 Å². The van der Waals surface area contributed by atoms with Crippen molar-refractivity contribution in [3.63, 3.8) is 0 Å². The number of hydrogen-bond acceptors (Lipinski definition) is 5. The molecule has 0 spiro atoms. The van der Waals surface area contributed by atoms with Gasteiger partial charge in [-0.2, -0.15) is 0 Å². The Balaban J connectivity index is 1.88. The second-order valence-corrected chi connectivity index (χ2v) is 5.32. The van der Waals surface area contributed by atoms with E-state index >= 15 is 0 Å². The summed E-state index contributed by atoms with van der Waals surface area (Å²) >= 11 is 0. The first-order chi connectivity index (χ1) is 10.2. The lowest BCUT2D eigenvalue weighted by atomic mass is 10.2. The minimum Gasteiger partial charge on any atom is -0.355 e. The maximum atomic E-state index is 11.9. The van der Waals surface area contributed by atoms with Crippen LogP contribution in [-0.2, 0) is 11.3 Å². The van der Waals surface area contributed by atoms with Crippen LogP contribution < -0.4 is 16.0 Å². The van der Waals surface area contributed by atoms with Gasteiger partial charge in [0.05, 0.1) is 6.04 Å². The molecule has 1 amide bonds. The summed E-state index contributed by atoms with van der Waals surface area (Å²) in [4.78, 5) is 20.8. The smallest absolute Gasteiger partial charge is 0.237 e. The zero-order valence-corrected chi connectivity index (χ0v) is 12.9. The van der Waals surface area contributed by atoms with Crippen molar-refractivity contribution in [3.05, 3.63) is 23.9 Å². The number of amides is 1. The number of carbonyl (C=O) groups excluding carboxylic acids is 1. The molecule has 3 N–H and O–H groups in total. The average molecular weight is 291 g/mol.